The van der Waals surface area contributed by atoms with Gasteiger partial charge in [-0.05, 0) is 19.4 Å². The quantitative estimate of drug-likeness (QED) is 0.730. The first-order valence-corrected chi connectivity index (χ1v) is 5.39. The van der Waals surface area contributed by atoms with Gasteiger partial charge in [0.25, 0.3) is 5.56 Å². The van der Waals surface area contributed by atoms with Gasteiger partial charge in [0.1, 0.15) is 6.54 Å². The Hall–Kier alpha value is -2.04. The molecular formula is C12H17N3O2. The van der Waals surface area contributed by atoms with E-state index in [1.54, 1.807) is 6.08 Å². The lowest BCUT2D eigenvalue weighted by molar-refractivity contribution is -0.122. The lowest BCUT2D eigenvalue weighted by Gasteiger charge is -2.12. The van der Waals surface area contributed by atoms with E-state index in [0.717, 1.165) is 0 Å². The molecule has 1 rings (SSSR count). The monoisotopic (exact) mass is 235 g/mol. The van der Waals surface area contributed by atoms with Gasteiger partial charge in [-0.2, -0.15) is 0 Å². The predicted molar refractivity (Wildman–Crippen MR) is 67.5 cm³/mol. The maximum absolute atomic E-state index is 11.6. The minimum atomic E-state index is -0.245. The molecule has 92 valence electrons. The van der Waals surface area contributed by atoms with Crippen molar-refractivity contribution in [1.82, 2.24) is 9.88 Å². The van der Waals surface area contributed by atoms with Gasteiger partial charge >= 0.3 is 0 Å². The maximum atomic E-state index is 11.6. The number of rotatable bonds is 5. The molecule has 1 atom stereocenters. The van der Waals surface area contributed by atoms with E-state index in [1.165, 1.54) is 22.9 Å². The Morgan fingerprint density at radius 3 is 3.00 bits per heavy atom. The van der Waals surface area contributed by atoms with Crippen molar-refractivity contribution in [2.75, 3.05) is 5.73 Å². The zero-order valence-corrected chi connectivity index (χ0v) is 9.85. The van der Waals surface area contributed by atoms with Crippen LogP contribution in [0.1, 0.15) is 13.3 Å². The number of nitrogen functional groups attached to an aromatic ring is 1. The highest BCUT2D eigenvalue weighted by Gasteiger charge is 2.07. The summed E-state index contributed by atoms with van der Waals surface area (Å²) in [6.45, 7) is 5.45. The Kier molecular flexibility index (Phi) is 4.51. The summed E-state index contributed by atoms with van der Waals surface area (Å²) in [7, 11) is 0. The van der Waals surface area contributed by atoms with E-state index >= 15 is 0 Å². The summed E-state index contributed by atoms with van der Waals surface area (Å²) in [5.41, 5.74) is 5.76. The van der Waals surface area contributed by atoms with Gasteiger partial charge < -0.3 is 15.6 Å². The topological polar surface area (TPSA) is 77.1 Å². The molecule has 5 heteroatoms. The second kappa shape index (κ2) is 5.89. The molecule has 1 aromatic rings. The standard InChI is InChI=1S/C12H17N3O2/c1-3-4-9(2)14-11(16)8-15-7-10(13)5-6-12(15)17/h3,5-7,9H,1,4,8,13H2,2H3,(H,14,16). The number of nitrogens with one attached hydrogen (secondary N) is 1. The minimum Gasteiger partial charge on any atom is -0.398 e. The molecule has 1 heterocycles. The molecule has 3 N–H and O–H groups in total. The van der Waals surface area contributed by atoms with Crippen molar-refractivity contribution in [2.45, 2.75) is 25.9 Å². The zero-order valence-electron chi connectivity index (χ0n) is 9.85. The number of anilines is 1. The van der Waals surface area contributed by atoms with Gasteiger partial charge in [0.15, 0.2) is 0 Å². The summed E-state index contributed by atoms with van der Waals surface area (Å²) in [4.78, 5) is 23.0. The van der Waals surface area contributed by atoms with Crippen LogP contribution in [0.15, 0.2) is 35.8 Å². The second-order valence-electron chi connectivity index (χ2n) is 3.92. The van der Waals surface area contributed by atoms with Crippen molar-refractivity contribution in [2.24, 2.45) is 0 Å². The maximum Gasteiger partial charge on any atom is 0.251 e. The molecule has 5 nitrogen and oxygen atoms in total. The number of nitrogens with two attached hydrogens (primary N) is 1. The van der Waals surface area contributed by atoms with Crippen molar-refractivity contribution in [3.8, 4) is 0 Å². The molecule has 0 saturated heterocycles. The van der Waals surface area contributed by atoms with E-state index in [-0.39, 0.29) is 24.1 Å². The van der Waals surface area contributed by atoms with Crippen LogP contribution in [-0.2, 0) is 11.3 Å². The summed E-state index contributed by atoms with van der Waals surface area (Å²) in [6, 6.07) is 2.86. The first kappa shape index (κ1) is 13.0. The third-order valence-electron chi connectivity index (χ3n) is 2.25. The smallest absolute Gasteiger partial charge is 0.251 e. The number of nitrogens with zero attached hydrogens (tertiary/aromatic N) is 1. The average molecular weight is 235 g/mol. The van der Waals surface area contributed by atoms with Gasteiger partial charge in [0.2, 0.25) is 5.91 Å². The lowest BCUT2D eigenvalue weighted by atomic mass is 10.2. The molecule has 0 aromatic carbocycles. The van der Waals surface area contributed by atoms with Crippen LogP contribution >= 0.6 is 0 Å². The van der Waals surface area contributed by atoms with Gasteiger partial charge in [0, 0.05) is 24.0 Å². The van der Waals surface area contributed by atoms with Crippen molar-refractivity contribution < 1.29 is 4.79 Å². The summed E-state index contributed by atoms with van der Waals surface area (Å²) in [5.74, 6) is -0.216. The number of carbonyl (C=O) groups is 1. The van der Waals surface area contributed by atoms with Crippen LogP contribution < -0.4 is 16.6 Å². The number of carbonyl (C=O) groups excluding carboxylic acids is 1. The molecule has 0 spiro atoms. The van der Waals surface area contributed by atoms with Crippen molar-refractivity contribution in [3.63, 3.8) is 0 Å². The molecule has 0 aliphatic heterocycles. The molecule has 17 heavy (non-hydrogen) atoms. The third-order valence-corrected chi connectivity index (χ3v) is 2.25. The van der Waals surface area contributed by atoms with E-state index in [0.29, 0.717) is 12.1 Å². The van der Waals surface area contributed by atoms with Crippen LogP contribution in [0, 0.1) is 0 Å². The normalized spacial score (nSPS) is 11.8. The Balaban J connectivity index is 2.65. The highest BCUT2D eigenvalue weighted by molar-refractivity contribution is 5.76. The summed E-state index contributed by atoms with van der Waals surface area (Å²) in [6.07, 6.45) is 3.88. The molecule has 0 saturated carbocycles. The van der Waals surface area contributed by atoms with E-state index in [1.807, 2.05) is 6.92 Å². The van der Waals surface area contributed by atoms with Crippen LogP contribution in [0.2, 0.25) is 0 Å². The highest BCUT2D eigenvalue weighted by Crippen LogP contribution is 1.96. The first-order chi connectivity index (χ1) is 8.02. The first-order valence-electron chi connectivity index (χ1n) is 5.39. The Bertz CT molecular complexity index is 465. The fraction of sp³-hybridized carbons (Fsp3) is 0.333. The number of hydrogen-bond donors (Lipinski definition) is 2. The molecule has 0 fully saturated rings. The van der Waals surface area contributed by atoms with E-state index in [9.17, 15) is 9.59 Å². The molecule has 1 aromatic heterocycles. The van der Waals surface area contributed by atoms with Crippen LogP contribution in [0.25, 0.3) is 0 Å². The van der Waals surface area contributed by atoms with Crippen LogP contribution in [-0.4, -0.2) is 16.5 Å². The van der Waals surface area contributed by atoms with Gasteiger partial charge in [-0.25, -0.2) is 0 Å². The second-order valence-corrected chi connectivity index (χ2v) is 3.92. The van der Waals surface area contributed by atoms with Gasteiger partial charge in [-0.3, -0.25) is 9.59 Å². The summed E-state index contributed by atoms with van der Waals surface area (Å²) < 4.78 is 1.28. The molecule has 0 radical (unpaired) electrons. The van der Waals surface area contributed by atoms with Crippen LogP contribution in [0.5, 0.6) is 0 Å². The molecule has 0 bridgehead atoms. The van der Waals surface area contributed by atoms with Gasteiger partial charge in [-0.15, -0.1) is 6.58 Å². The molecular weight excluding hydrogens is 218 g/mol. The van der Waals surface area contributed by atoms with Crippen LogP contribution in [0.3, 0.4) is 0 Å². The van der Waals surface area contributed by atoms with Crippen molar-refractivity contribution in [3.05, 3.63) is 41.3 Å². The molecule has 0 aliphatic rings. The molecule has 1 unspecified atom stereocenters. The molecule has 1 amide bonds. The fourth-order valence-corrected chi connectivity index (χ4v) is 1.46. The Morgan fingerprint density at radius 1 is 1.65 bits per heavy atom. The highest BCUT2D eigenvalue weighted by atomic mass is 16.2. The average Bonchev–Trinajstić information content (AvgIpc) is 2.23. The minimum absolute atomic E-state index is 0.0109. The Morgan fingerprint density at radius 2 is 2.35 bits per heavy atom. The molecule has 0 aliphatic carbocycles. The number of hydrogen-bond acceptors (Lipinski definition) is 3. The van der Waals surface area contributed by atoms with E-state index in [4.69, 9.17) is 5.73 Å². The lowest BCUT2D eigenvalue weighted by Crippen LogP contribution is -2.37. The summed E-state index contributed by atoms with van der Waals surface area (Å²) in [5, 5.41) is 2.77. The summed E-state index contributed by atoms with van der Waals surface area (Å²) >= 11 is 0. The number of aromatic nitrogens is 1. The predicted octanol–water partition coefficient (Wildman–Crippen LogP) is 0.511. The zero-order chi connectivity index (χ0) is 12.8. The fourth-order valence-electron chi connectivity index (χ4n) is 1.46. The van der Waals surface area contributed by atoms with Gasteiger partial charge in [0.05, 0.1) is 0 Å². The van der Waals surface area contributed by atoms with Crippen molar-refractivity contribution in [1.29, 1.82) is 0 Å². The van der Waals surface area contributed by atoms with E-state index in [2.05, 4.69) is 11.9 Å². The van der Waals surface area contributed by atoms with Crippen molar-refractivity contribution >= 4 is 11.6 Å². The van der Waals surface area contributed by atoms with E-state index < -0.39 is 0 Å². The van der Waals surface area contributed by atoms with Crippen LogP contribution in [0.4, 0.5) is 5.69 Å². The van der Waals surface area contributed by atoms with Gasteiger partial charge in [-0.1, -0.05) is 6.08 Å². The largest absolute Gasteiger partial charge is 0.398 e. The SMILES string of the molecule is C=CCC(C)NC(=O)Cn1cc(N)ccc1=O. The number of amides is 1. The third kappa shape index (κ3) is 4.14. The number of pyridine rings is 1. The Labute approximate surface area is 99.9 Å².